The first kappa shape index (κ1) is 15.7. The molecule has 20 heavy (non-hydrogen) atoms. The molecule has 1 aromatic carbocycles. The monoisotopic (exact) mass is 366 g/mol. The molecule has 0 unspecified atom stereocenters. The van der Waals surface area contributed by atoms with E-state index in [4.69, 9.17) is 10.8 Å². The first-order chi connectivity index (χ1) is 9.37. The Labute approximate surface area is 125 Å². The minimum absolute atomic E-state index is 0.0153. The molecule has 0 aromatic heterocycles. The van der Waals surface area contributed by atoms with Gasteiger partial charge in [0.2, 0.25) is 10.0 Å². The van der Waals surface area contributed by atoms with Crippen LogP contribution in [-0.2, 0) is 10.0 Å². The van der Waals surface area contributed by atoms with E-state index in [2.05, 4.69) is 15.9 Å². The fourth-order valence-electron chi connectivity index (χ4n) is 2.17. The molecule has 1 fully saturated rings. The van der Waals surface area contributed by atoms with Crippen molar-refractivity contribution < 1.29 is 17.9 Å². The quantitative estimate of drug-likeness (QED) is 0.776. The Hall–Kier alpha value is -0.700. The topological polar surface area (TPSA) is 83.6 Å². The predicted molar refractivity (Wildman–Crippen MR) is 77.1 cm³/mol. The molecule has 0 radical (unpaired) electrons. The molecule has 8 heteroatoms. The summed E-state index contributed by atoms with van der Waals surface area (Å²) in [6.45, 7) is -0.251. The fourth-order valence-corrected chi connectivity index (χ4v) is 4.46. The second-order valence-corrected chi connectivity index (χ2v) is 7.44. The van der Waals surface area contributed by atoms with Gasteiger partial charge in [-0.2, -0.15) is 4.31 Å². The predicted octanol–water partition coefficient (Wildman–Crippen LogP) is 1.71. The number of halogens is 2. The number of aliphatic hydroxyl groups excluding tert-OH is 1. The highest BCUT2D eigenvalue weighted by Gasteiger charge is 2.35. The molecule has 2 rings (SSSR count). The second kappa shape index (κ2) is 5.97. The smallest absolute Gasteiger partial charge is 0.245 e. The van der Waals surface area contributed by atoms with E-state index in [-0.39, 0.29) is 34.2 Å². The van der Waals surface area contributed by atoms with Crippen LogP contribution in [-0.4, -0.2) is 37.0 Å². The molecule has 5 nitrogen and oxygen atoms in total. The van der Waals surface area contributed by atoms with Crippen molar-refractivity contribution in [3.63, 3.8) is 0 Å². The molecule has 0 spiro atoms. The molecule has 0 saturated heterocycles. The minimum Gasteiger partial charge on any atom is -0.398 e. The molecular formula is C12H16BrFN2O3S. The van der Waals surface area contributed by atoms with Gasteiger partial charge in [-0.3, -0.25) is 0 Å². The number of aliphatic hydroxyl groups is 1. The van der Waals surface area contributed by atoms with Crippen molar-refractivity contribution in [1.29, 1.82) is 0 Å². The van der Waals surface area contributed by atoms with Crippen molar-refractivity contribution in [2.45, 2.75) is 30.2 Å². The Balaban J connectivity index is 2.44. The maximum absolute atomic E-state index is 13.4. The van der Waals surface area contributed by atoms with Crippen molar-refractivity contribution in [2.24, 2.45) is 0 Å². The number of hydrogen-bond acceptors (Lipinski definition) is 4. The summed E-state index contributed by atoms with van der Waals surface area (Å²) in [5.41, 5.74) is 5.51. The van der Waals surface area contributed by atoms with Crippen LogP contribution in [0.3, 0.4) is 0 Å². The van der Waals surface area contributed by atoms with Gasteiger partial charge in [0.15, 0.2) is 0 Å². The summed E-state index contributed by atoms with van der Waals surface area (Å²) in [5.74, 6) is -0.612. The highest BCUT2D eigenvalue weighted by atomic mass is 79.9. The minimum atomic E-state index is -3.84. The van der Waals surface area contributed by atoms with Crippen LogP contribution in [0.4, 0.5) is 10.1 Å². The number of anilines is 1. The summed E-state index contributed by atoms with van der Waals surface area (Å²) in [5, 5.41) is 9.08. The third-order valence-corrected chi connectivity index (χ3v) is 6.06. The van der Waals surface area contributed by atoms with Gasteiger partial charge in [0.1, 0.15) is 10.7 Å². The zero-order chi connectivity index (χ0) is 14.9. The number of nitrogen functional groups attached to an aromatic ring is 1. The average Bonchev–Trinajstić information content (AvgIpc) is 2.30. The Bertz CT molecular complexity index is 605. The molecule has 0 atom stereocenters. The molecule has 0 amide bonds. The molecule has 1 aliphatic rings. The van der Waals surface area contributed by atoms with Crippen molar-refractivity contribution >= 4 is 31.6 Å². The normalized spacial score (nSPS) is 16.4. The van der Waals surface area contributed by atoms with Gasteiger partial charge >= 0.3 is 0 Å². The van der Waals surface area contributed by atoms with Gasteiger partial charge in [0.25, 0.3) is 0 Å². The van der Waals surface area contributed by atoms with Crippen molar-refractivity contribution in [3.8, 4) is 0 Å². The lowest BCUT2D eigenvalue weighted by atomic mass is 9.93. The molecular weight excluding hydrogens is 351 g/mol. The van der Waals surface area contributed by atoms with Crippen LogP contribution < -0.4 is 5.73 Å². The number of nitrogens with two attached hydrogens (primary N) is 1. The molecule has 1 saturated carbocycles. The van der Waals surface area contributed by atoms with Gasteiger partial charge in [0, 0.05) is 12.6 Å². The van der Waals surface area contributed by atoms with Gasteiger partial charge in [-0.05, 0) is 40.9 Å². The van der Waals surface area contributed by atoms with Crippen LogP contribution in [0.5, 0.6) is 0 Å². The van der Waals surface area contributed by atoms with Gasteiger partial charge < -0.3 is 10.8 Å². The molecule has 0 bridgehead atoms. The third kappa shape index (κ3) is 2.83. The van der Waals surface area contributed by atoms with Gasteiger partial charge in [-0.25, -0.2) is 12.8 Å². The van der Waals surface area contributed by atoms with Crippen molar-refractivity contribution in [3.05, 3.63) is 22.4 Å². The first-order valence-electron chi connectivity index (χ1n) is 6.25. The zero-order valence-electron chi connectivity index (χ0n) is 10.7. The Morgan fingerprint density at radius 1 is 1.45 bits per heavy atom. The van der Waals surface area contributed by atoms with Crippen LogP contribution in [0.15, 0.2) is 21.5 Å². The fraction of sp³-hybridized carbons (Fsp3) is 0.500. The van der Waals surface area contributed by atoms with Crippen LogP contribution in [0.2, 0.25) is 0 Å². The largest absolute Gasteiger partial charge is 0.398 e. The lowest BCUT2D eigenvalue weighted by molar-refractivity contribution is 0.178. The van der Waals surface area contributed by atoms with Crippen molar-refractivity contribution in [2.75, 3.05) is 18.9 Å². The van der Waals surface area contributed by atoms with Crippen molar-refractivity contribution in [1.82, 2.24) is 4.31 Å². The molecule has 1 aromatic rings. The number of nitrogens with zero attached hydrogens (tertiary/aromatic N) is 1. The summed E-state index contributed by atoms with van der Waals surface area (Å²) in [4.78, 5) is -0.133. The van der Waals surface area contributed by atoms with Crippen LogP contribution >= 0.6 is 15.9 Å². The van der Waals surface area contributed by atoms with E-state index in [0.717, 1.165) is 25.3 Å². The van der Waals surface area contributed by atoms with Crippen LogP contribution in [0.25, 0.3) is 0 Å². The first-order valence-corrected chi connectivity index (χ1v) is 8.48. The molecule has 0 aliphatic heterocycles. The SMILES string of the molecule is Nc1cc(F)c(Br)cc1S(=O)(=O)N(CCO)C1CCC1. The summed E-state index contributed by atoms with van der Waals surface area (Å²) < 4.78 is 39.9. The van der Waals surface area contributed by atoms with E-state index in [0.29, 0.717) is 0 Å². The van der Waals surface area contributed by atoms with E-state index < -0.39 is 15.8 Å². The lowest BCUT2D eigenvalue weighted by Gasteiger charge is -2.36. The van der Waals surface area contributed by atoms with Gasteiger partial charge in [0.05, 0.1) is 16.8 Å². The Morgan fingerprint density at radius 2 is 2.10 bits per heavy atom. The van der Waals surface area contributed by atoms with E-state index in [1.807, 2.05) is 0 Å². The second-order valence-electron chi connectivity index (χ2n) is 4.73. The average molecular weight is 367 g/mol. The maximum Gasteiger partial charge on any atom is 0.245 e. The van der Waals surface area contributed by atoms with E-state index >= 15 is 0 Å². The third-order valence-electron chi connectivity index (χ3n) is 3.44. The molecule has 1 aliphatic carbocycles. The Kier molecular flexibility index (Phi) is 4.68. The van der Waals surface area contributed by atoms with E-state index in [1.54, 1.807) is 0 Å². The molecule has 0 heterocycles. The van der Waals surface area contributed by atoms with Gasteiger partial charge in [-0.15, -0.1) is 0 Å². The van der Waals surface area contributed by atoms with Crippen LogP contribution in [0, 0.1) is 5.82 Å². The number of sulfonamides is 1. The number of hydrogen-bond donors (Lipinski definition) is 2. The Morgan fingerprint density at radius 3 is 2.60 bits per heavy atom. The maximum atomic E-state index is 13.4. The summed E-state index contributed by atoms with van der Waals surface area (Å²) in [7, 11) is -3.84. The van der Waals surface area contributed by atoms with E-state index in [1.165, 1.54) is 10.4 Å². The highest BCUT2D eigenvalue weighted by Crippen LogP contribution is 2.33. The lowest BCUT2D eigenvalue weighted by Crippen LogP contribution is -2.45. The standard InChI is InChI=1S/C12H16BrFN2O3S/c13-9-6-12(11(15)7-10(9)14)20(18,19)16(4-5-17)8-2-1-3-8/h6-8,17H,1-5,15H2. The zero-order valence-corrected chi connectivity index (χ0v) is 13.1. The number of benzene rings is 1. The van der Waals surface area contributed by atoms with Gasteiger partial charge in [-0.1, -0.05) is 6.42 Å². The summed E-state index contributed by atoms with van der Waals surface area (Å²) >= 11 is 2.97. The summed E-state index contributed by atoms with van der Waals surface area (Å²) in [6.07, 6.45) is 2.49. The van der Waals surface area contributed by atoms with Crippen LogP contribution in [0.1, 0.15) is 19.3 Å². The number of rotatable bonds is 5. The van der Waals surface area contributed by atoms with E-state index in [9.17, 15) is 12.8 Å². The summed E-state index contributed by atoms with van der Waals surface area (Å²) in [6, 6.07) is 2.04. The molecule has 112 valence electrons. The highest BCUT2D eigenvalue weighted by molar-refractivity contribution is 9.10. The molecule has 3 N–H and O–H groups in total.